The molecule has 7 unspecified atom stereocenters. The highest BCUT2D eigenvalue weighted by molar-refractivity contribution is 5.14. The van der Waals surface area contributed by atoms with Crippen LogP contribution in [0.1, 0.15) is 19.3 Å². The first-order chi connectivity index (χ1) is 5.84. The molecular formula is C10H14O2. The fourth-order valence-electron chi connectivity index (χ4n) is 4.29. The van der Waals surface area contributed by atoms with E-state index in [1.54, 1.807) is 0 Å². The van der Waals surface area contributed by atoms with Crippen LogP contribution >= 0.6 is 0 Å². The molecule has 0 aromatic heterocycles. The summed E-state index contributed by atoms with van der Waals surface area (Å²) in [6.45, 7) is 0. The van der Waals surface area contributed by atoms with Gasteiger partial charge in [0.1, 0.15) is 0 Å². The first kappa shape index (κ1) is 6.39. The summed E-state index contributed by atoms with van der Waals surface area (Å²) in [6, 6.07) is 0. The Morgan fingerprint density at radius 3 is 2.92 bits per heavy atom. The molecule has 2 heteroatoms. The molecule has 66 valence electrons. The molecule has 1 aliphatic heterocycles. The van der Waals surface area contributed by atoms with E-state index in [0.717, 1.165) is 24.2 Å². The molecule has 1 N–H and O–H groups in total. The Morgan fingerprint density at radius 2 is 2.00 bits per heavy atom. The van der Waals surface area contributed by atoms with Crippen molar-refractivity contribution in [3.63, 3.8) is 0 Å². The molecule has 0 aromatic carbocycles. The fourth-order valence-corrected chi connectivity index (χ4v) is 4.29. The minimum absolute atomic E-state index is 0.0359. The van der Waals surface area contributed by atoms with Crippen molar-refractivity contribution in [2.45, 2.75) is 37.6 Å². The molecule has 1 heterocycles. The standard InChI is InChI=1S/C10H14O2/c11-7-2-4-1-5(7)6-3-8-10(12-8)9(4)6/h4-11H,1-3H2. The Bertz CT molecular complexity index is 240. The zero-order valence-corrected chi connectivity index (χ0v) is 7.02. The second kappa shape index (κ2) is 1.73. The maximum absolute atomic E-state index is 9.73. The van der Waals surface area contributed by atoms with Gasteiger partial charge in [-0.3, -0.25) is 0 Å². The third-order valence-electron chi connectivity index (χ3n) is 4.71. The van der Waals surface area contributed by atoms with E-state index in [1.807, 2.05) is 0 Å². The minimum Gasteiger partial charge on any atom is -0.393 e. The lowest BCUT2D eigenvalue weighted by Crippen LogP contribution is -2.30. The van der Waals surface area contributed by atoms with Crippen LogP contribution in [-0.4, -0.2) is 23.4 Å². The van der Waals surface area contributed by atoms with Crippen LogP contribution in [0.25, 0.3) is 0 Å². The summed E-state index contributed by atoms with van der Waals surface area (Å²) in [5, 5.41) is 9.73. The number of aliphatic hydroxyl groups excluding tert-OH is 1. The predicted molar refractivity (Wildman–Crippen MR) is 42.5 cm³/mol. The maximum atomic E-state index is 9.73. The van der Waals surface area contributed by atoms with Crippen LogP contribution in [0.15, 0.2) is 0 Å². The molecule has 2 bridgehead atoms. The van der Waals surface area contributed by atoms with Crippen LogP contribution in [0.5, 0.6) is 0 Å². The van der Waals surface area contributed by atoms with Gasteiger partial charge in [-0.15, -0.1) is 0 Å². The molecule has 4 aliphatic rings. The molecule has 0 radical (unpaired) electrons. The molecule has 1 saturated heterocycles. The number of hydrogen-bond acceptors (Lipinski definition) is 2. The second-order valence-corrected chi connectivity index (χ2v) is 5.08. The largest absolute Gasteiger partial charge is 0.393 e. The lowest BCUT2D eigenvalue weighted by molar-refractivity contribution is 0.0386. The van der Waals surface area contributed by atoms with Gasteiger partial charge in [-0.2, -0.15) is 0 Å². The van der Waals surface area contributed by atoms with Crippen LogP contribution in [0.2, 0.25) is 0 Å². The molecule has 4 fully saturated rings. The maximum Gasteiger partial charge on any atom is 0.0875 e. The van der Waals surface area contributed by atoms with Gasteiger partial charge in [0.05, 0.1) is 18.3 Å². The van der Waals surface area contributed by atoms with Crippen molar-refractivity contribution < 1.29 is 9.84 Å². The van der Waals surface area contributed by atoms with Crippen LogP contribution in [0, 0.1) is 23.7 Å². The van der Waals surface area contributed by atoms with E-state index in [-0.39, 0.29) is 6.10 Å². The van der Waals surface area contributed by atoms with E-state index in [0.29, 0.717) is 18.1 Å². The molecule has 0 spiro atoms. The lowest BCUT2D eigenvalue weighted by Gasteiger charge is -2.29. The van der Waals surface area contributed by atoms with Gasteiger partial charge < -0.3 is 9.84 Å². The number of ether oxygens (including phenoxy) is 1. The average Bonchev–Trinajstić information content (AvgIpc) is 2.43. The summed E-state index contributed by atoms with van der Waals surface area (Å²) >= 11 is 0. The van der Waals surface area contributed by atoms with E-state index in [2.05, 4.69) is 0 Å². The molecule has 4 rings (SSSR count). The molecule has 2 nitrogen and oxygen atoms in total. The molecule has 3 aliphatic carbocycles. The summed E-state index contributed by atoms with van der Waals surface area (Å²) < 4.78 is 5.57. The summed E-state index contributed by atoms with van der Waals surface area (Å²) in [5.41, 5.74) is 0. The lowest BCUT2D eigenvalue weighted by atomic mass is 9.79. The van der Waals surface area contributed by atoms with Crippen molar-refractivity contribution in [3.8, 4) is 0 Å². The van der Waals surface area contributed by atoms with E-state index < -0.39 is 0 Å². The van der Waals surface area contributed by atoms with Crippen LogP contribution in [0.4, 0.5) is 0 Å². The van der Waals surface area contributed by atoms with E-state index in [4.69, 9.17) is 4.74 Å². The van der Waals surface area contributed by atoms with Crippen LogP contribution in [0.3, 0.4) is 0 Å². The summed E-state index contributed by atoms with van der Waals surface area (Å²) in [7, 11) is 0. The minimum atomic E-state index is 0.0359. The number of hydrogen-bond donors (Lipinski definition) is 1. The Balaban J connectivity index is 1.73. The van der Waals surface area contributed by atoms with Gasteiger partial charge >= 0.3 is 0 Å². The zero-order valence-electron chi connectivity index (χ0n) is 7.02. The van der Waals surface area contributed by atoms with Gasteiger partial charge in [-0.1, -0.05) is 0 Å². The van der Waals surface area contributed by atoms with E-state index >= 15 is 0 Å². The molecule has 0 amide bonds. The summed E-state index contributed by atoms with van der Waals surface area (Å²) in [6.07, 6.45) is 4.89. The molecule has 12 heavy (non-hydrogen) atoms. The normalized spacial score (nSPS) is 71.2. The Hall–Kier alpha value is -0.0800. The van der Waals surface area contributed by atoms with Gasteiger partial charge in [0.2, 0.25) is 0 Å². The third kappa shape index (κ3) is 0.549. The van der Waals surface area contributed by atoms with E-state index in [9.17, 15) is 5.11 Å². The highest BCUT2D eigenvalue weighted by atomic mass is 16.6. The first-order valence-corrected chi connectivity index (χ1v) is 5.18. The number of epoxide rings is 1. The Labute approximate surface area is 71.9 Å². The van der Waals surface area contributed by atoms with E-state index in [1.165, 1.54) is 12.8 Å². The van der Waals surface area contributed by atoms with Crippen molar-refractivity contribution in [2.24, 2.45) is 23.7 Å². The summed E-state index contributed by atoms with van der Waals surface area (Å²) in [4.78, 5) is 0. The average molecular weight is 166 g/mol. The first-order valence-electron chi connectivity index (χ1n) is 5.18. The van der Waals surface area contributed by atoms with Crippen molar-refractivity contribution in [1.29, 1.82) is 0 Å². The molecular weight excluding hydrogens is 152 g/mol. The van der Waals surface area contributed by atoms with Gasteiger partial charge in [-0.25, -0.2) is 0 Å². The third-order valence-corrected chi connectivity index (χ3v) is 4.71. The van der Waals surface area contributed by atoms with Crippen molar-refractivity contribution in [3.05, 3.63) is 0 Å². The molecule has 0 aromatic rings. The highest BCUT2D eigenvalue weighted by Crippen LogP contribution is 2.64. The number of aliphatic hydroxyl groups is 1. The Kier molecular flexibility index (Phi) is 0.921. The predicted octanol–water partition coefficient (Wildman–Crippen LogP) is 0.791. The van der Waals surface area contributed by atoms with Crippen molar-refractivity contribution in [2.75, 3.05) is 0 Å². The quantitative estimate of drug-likeness (QED) is 0.540. The zero-order chi connectivity index (χ0) is 7.87. The van der Waals surface area contributed by atoms with Gasteiger partial charge in [0.25, 0.3) is 0 Å². The fraction of sp³-hybridized carbons (Fsp3) is 1.00. The summed E-state index contributed by atoms with van der Waals surface area (Å²) in [5.74, 6) is 3.15. The molecule has 3 saturated carbocycles. The number of fused-ring (bicyclic) bond motifs is 7. The topological polar surface area (TPSA) is 32.8 Å². The monoisotopic (exact) mass is 166 g/mol. The highest BCUT2D eigenvalue weighted by Gasteiger charge is 2.66. The van der Waals surface area contributed by atoms with Gasteiger partial charge in [-0.05, 0) is 42.9 Å². The van der Waals surface area contributed by atoms with Crippen molar-refractivity contribution in [1.82, 2.24) is 0 Å². The smallest absolute Gasteiger partial charge is 0.0875 e. The number of rotatable bonds is 0. The Morgan fingerprint density at radius 1 is 1.08 bits per heavy atom. The van der Waals surface area contributed by atoms with Gasteiger partial charge in [0.15, 0.2) is 0 Å². The van der Waals surface area contributed by atoms with Gasteiger partial charge in [0, 0.05) is 0 Å². The van der Waals surface area contributed by atoms with Crippen LogP contribution < -0.4 is 0 Å². The van der Waals surface area contributed by atoms with Crippen molar-refractivity contribution >= 4 is 0 Å². The van der Waals surface area contributed by atoms with Crippen LogP contribution in [-0.2, 0) is 4.74 Å². The second-order valence-electron chi connectivity index (χ2n) is 5.08. The molecule has 7 atom stereocenters. The SMILES string of the molecule is OC1CC2CC1C1CC3OC3C21.